The molecular formula is C11H12FNO3. The molecule has 1 aliphatic carbocycles. The maximum Gasteiger partial charge on any atom is 0.341 e. The lowest BCUT2D eigenvalue weighted by Crippen LogP contribution is -2.19. The van der Waals surface area contributed by atoms with Gasteiger partial charge in [-0.2, -0.15) is 0 Å². The van der Waals surface area contributed by atoms with Gasteiger partial charge in [0.1, 0.15) is 5.56 Å². The third kappa shape index (κ3) is 1.63. The van der Waals surface area contributed by atoms with Crippen LogP contribution in [0.15, 0.2) is 12.1 Å². The van der Waals surface area contributed by atoms with Gasteiger partial charge in [-0.15, -0.1) is 0 Å². The molecule has 4 nitrogen and oxygen atoms in total. The SMILES string of the molecule is COC(=O)c1cc(C2(N)CC2)cc(F)c1O. The fourth-order valence-corrected chi connectivity index (χ4v) is 1.58. The molecule has 0 amide bonds. The number of methoxy groups -OCH3 is 1. The zero-order chi connectivity index (χ0) is 11.9. The lowest BCUT2D eigenvalue weighted by atomic mass is 10.0. The molecule has 5 heteroatoms. The van der Waals surface area contributed by atoms with Crippen molar-refractivity contribution in [2.24, 2.45) is 5.73 Å². The number of rotatable bonds is 2. The van der Waals surface area contributed by atoms with E-state index in [0.29, 0.717) is 5.56 Å². The number of ether oxygens (including phenoxy) is 1. The van der Waals surface area contributed by atoms with Crippen LogP contribution >= 0.6 is 0 Å². The number of aromatic hydroxyl groups is 1. The topological polar surface area (TPSA) is 72.5 Å². The number of nitrogens with two attached hydrogens (primary N) is 1. The van der Waals surface area contributed by atoms with Crippen molar-refractivity contribution in [3.8, 4) is 5.75 Å². The van der Waals surface area contributed by atoms with Gasteiger partial charge in [0.15, 0.2) is 11.6 Å². The smallest absolute Gasteiger partial charge is 0.341 e. The van der Waals surface area contributed by atoms with Crippen LogP contribution in [0.4, 0.5) is 4.39 Å². The van der Waals surface area contributed by atoms with E-state index in [9.17, 15) is 14.3 Å². The van der Waals surface area contributed by atoms with E-state index in [2.05, 4.69) is 4.74 Å². The highest BCUT2D eigenvalue weighted by atomic mass is 19.1. The molecule has 16 heavy (non-hydrogen) atoms. The molecule has 1 aromatic carbocycles. The quantitative estimate of drug-likeness (QED) is 0.743. The van der Waals surface area contributed by atoms with Gasteiger partial charge in [0.25, 0.3) is 0 Å². The second-order valence-electron chi connectivity index (χ2n) is 4.00. The average molecular weight is 225 g/mol. The molecule has 0 heterocycles. The molecule has 1 aliphatic rings. The zero-order valence-electron chi connectivity index (χ0n) is 8.79. The Bertz CT molecular complexity index is 455. The highest BCUT2D eigenvalue weighted by Gasteiger charge is 2.41. The van der Waals surface area contributed by atoms with E-state index in [-0.39, 0.29) is 5.56 Å². The highest BCUT2D eigenvalue weighted by molar-refractivity contribution is 5.92. The number of hydrogen-bond acceptors (Lipinski definition) is 4. The largest absolute Gasteiger partial charge is 0.504 e. The van der Waals surface area contributed by atoms with Gasteiger partial charge in [0.05, 0.1) is 7.11 Å². The molecule has 1 fully saturated rings. The first-order valence-electron chi connectivity index (χ1n) is 4.88. The van der Waals surface area contributed by atoms with Gasteiger partial charge in [-0.25, -0.2) is 9.18 Å². The van der Waals surface area contributed by atoms with Crippen LogP contribution in [0.25, 0.3) is 0 Å². The minimum atomic E-state index is -0.852. The summed E-state index contributed by atoms with van der Waals surface area (Å²) in [5, 5.41) is 9.39. The van der Waals surface area contributed by atoms with Crippen molar-refractivity contribution in [2.75, 3.05) is 7.11 Å². The first kappa shape index (κ1) is 10.9. The molecule has 0 aliphatic heterocycles. The molecule has 86 valence electrons. The van der Waals surface area contributed by atoms with Crippen molar-refractivity contribution in [2.45, 2.75) is 18.4 Å². The molecule has 1 aromatic rings. The van der Waals surface area contributed by atoms with Gasteiger partial charge in [-0.05, 0) is 30.5 Å². The van der Waals surface area contributed by atoms with Crippen molar-refractivity contribution < 1.29 is 19.0 Å². The summed E-state index contributed by atoms with van der Waals surface area (Å²) >= 11 is 0. The van der Waals surface area contributed by atoms with Gasteiger partial charge >= 0.3 is 5.97 Å². The Morgan fingerprint density at radius 3 is 2.69 bits per heavy atom. The van der Waals surface area contributed by atoms with E-state index in [1.165, 1.54) is 13.2 Å². The van der Waals surface area contributed by atoms with Crippen molar-refractivity contribution >= 4 is 5.97 Å². The fourth-order valence-electron chi connectivity index (χ4n) is 1.58. The molecule has 1 saturated carbocycles. The van der Waals surface area contributed by atoms with Crippen LogP contribution in [0.1, 0.15) is 28.8 Å². The fraction of sp³-hybridized carbons (Fsp3) is 0.364. The monoisotopic (exact) mass is 225 g/mol. The number of carbonyl (C=O) groups excluding carboxylic acids is 1. The Labute approximate surface area is 91.8 Å². The molecule has 0 bridgehead atoms. The lowest BCUT2D eigenvalue weighted by Gasteiger charge is -2.12. The Kier molecular flexibility index (Phi) is 2.35. The van der Waals surface area contributed by atoms with Crippen molar-refractivity contribution in [1.82, 2.24) is 0 Å². The van der Waals surface area contributed by atoms with Crippen LogP contribution in [0.3, 0.4) is 0 Å². The zero-order valence-corrected chi connectivity index (χ0v) is 8.79. The van der Waals surface area contributed by atoms with E-state index >= 15 is 0 Å². The van der Waals surface area contributed by atoms with Gasteiger partial charge in [-0.1, -0.05) is 0 Å². The average Bonchev–Trinajstić information content (AvgIpc) is 3.00. The molecule has 0 saturated heterocycles. The predicted octanol–water partition coefficient (Wildman–Crippen LogP) is 1.27. The van der Waals surface area contributed by atoms with Crippen LogP contribution in [-0.4, -0.2) is 18.2 Å². The predicted molar refractivity (Wildman–Crippen MR) is 54.5 cm³/mol. The van der Waals surface area contributed by atoms with E-state index in [0.717, 1.165) is 18.9 Å². The summed E-state index contributed by atoms with van der Waals surface area (Å²) in [6, 6.07) is 2.55. The highest BCUT2D eigenvalue weighted by Crippen LogP contribution is 2.44. The van der Waals surface area contributed by atoms with E-state index in [4.69, 9.17) is 5.73 Å². The lowest BCUT2D eigenvalue weighted by molar-refractivity contribution is 0.0596. The Hall–Kier alpha value is -1.62. The van der Waals surface area contributed by atoms with Gasteiger partial charge in [-0.3, -0.25) is 0 Å². The minimum absolute atomic E-state index is 0.186. The Morgan fingerprint density at radius 2 is 2.19 bits per heavy atom. The summed E-state index contributed by atoms with van der Waals surface area (Å²) in [6.45, 7) is 0. The number of carbonyl (C=O) groups is 1. The second kappa shape index (κ2) is 3.45. The van der Waals surface area contributed by atoms with Crippen LogP contribution in [0.2, 0.25) is 0 Å². The number of esters is 1. The first-order chi connectivity index (χ1) is 7.48. The maximum absolute atomic E-state index is 13.4. The van der Waals surface area contributed by atoms with E-state index < -0.39 is 23.1 Å². The summed E-state index contributed by atoms with van der Waals surface area (Å²) in [4.78, 5) is 11.3. The van der Waals surface area contributed by atoms with Crippen LogP contribution < -0.4 is 5.73 Å². The normalized spacial score (nSPS) is 16.9. The summed E-state index contributed by atoms with van der Waals surface area (Å²) in [6.07, 6.45) is 1.50. The van der Waals surface area contributed by atoms with Gasteiger partial charge in [0.2, 0.25) is 0 Å². The Morgan fingerprint density at radius 1 is 1.56 bits per heavy atom. The molecule has 0 spiro atoms. The van der Waals surface area contributed by atoms with Crippen LogP contribution in [-0.2, 0) is 10.3 Å². The number of halogens is 1. The van der Waals surface area contributed by atoms with Gasteiger partial charge in [0, 0.05) is 5.54 Å². The molecule has 3 N–H and O–H groups in total. The summed E-state index contributed by atoms with van der Waals surface area (Å²) in [5.41, 5.74) is 5.67. The summed E-state index contributed by atoms with van der Waals surface area (Å²) < 4.78 is 17.8. The minimum Gasteiger partial charge on any atom is -0.504 e. The number of phenols is 1. The number of hydrogen-bond donors (Lipinski definition) is 2. The first-order valence-corrected chi connectivity index (χ1v) is 4.88. The standard InChI is InChI=1S/C11H12FNO3/c1-16-10(15)7-4-6(11(13)2-3-11)5-8(12)9(7)14/h4-5,14H,2-3,13H2,1H3. The molecule has 0 atom stereocenters. The van der Waals surface area contributed by atoms with Crippen LogP contribution in [0, 0.1) is 5.82 Å². The van der Waals surface area contributed by atoms with Crippen molar-refractivity contribution in [3.05, 3.63) is 29.1 Å². The number of benzene rings is 1. The molecule has 0 aromatic heterocycles. The van der Waals surface area contributed by atoms with E-state index in [1.54, 1.807) is 0 Å². The summed E-state index contributed by atoms with van der Waals surface area (Å²) in [7, 11) is 1.17. The van der Waals surface area contributed by atoms with Crippen molar-refractivity contribution in [1.29, 1.82) is 0 Å². The Balaban J connectivity index is 2.51. The third-order valence-electron chi connectivity index (χ3n) is 2.83. The van der Waals surface area contributed by atoms with Gasteiger partial charge < -0.3 is 15.6 Å². The second-order valence-corrected chi connectivity index (χ2v) is 4.00. The van der Waals surface area contributed by atoms with E-state index in [1.807, 2.05) is 0 Å². The molecular weight excluding hydrogens is 213 g/mol. The number of phenolic OH excluding ortho intramolecular Hbond substituents is 1. The molecule has 0 unspecified atom stereocenters. The summed E-state index contributed by atoms with van der Waals surface area (Å²) in [5.74, 6) is -2.32. The van der Waals surface area contributed by atoms with Crippen molar-refractivity contribution in [3.63, 3.8) is 0 Å². The maximum atomic E-state index is 13.4. The third-order valence-corrected chi connectivity index (χ3v) is 2.83. The van der Waals surface area contributed by atoms with Crippen LogP contribution in [0.5, 0.6) is 5.75 Å². The molecule has 0 radical (unpaired) electrons. The molecule has 2 rings (SSSR count).